The quantitative estimate of drug-likeness (QED) is 0.702. The third kappa shape index (κ3) is 3.54. The van der Waals surface area contributed by atoms with Crippen LogP contribution in [0.1, 0.15) is 32.3 Å². The van der Waals surface area contributed by atoms with E-state index in [1.165, 1.54) is 6.07 Å². The number of halogens is 1. The summed E-state index contributed by atoms with van der Waals surface area (Å²) in [5.74, 6) is -0.264. The molecule has 4 nitrogen and oxygen atoms in total. The highest BCUT2D eigenvalue weighted by Gasteiger charge is 2.24. The first-order valence-electron chi connectivity index (χ1n) is 7.74. The Morgan fingerprint density at radius 2 is 2.00 bits per heavy atom. The van der Waals surface area contributed by atoms with E-state index in [2.05, 4.69) is 29.4 Å². The minimum atomic E-state index is -0.264. The van der Waals surface area contributed by atoms with Crippen LogP contribution < -0.4 is 5.32 Å². The van der Waals surface area contributed by atoms with Gasteiger partial charge in [-0.1, -0.05) is 26.0 Å². The summed E-state index contributed by atoms with van der Waals surface area (Å²) in [4.78, 5) is 0. The second kappa shape index (κ2) is 7.51. The molecule has 0 unspecified atom stereocenters. The van der Waals surface area contributed by atoms with Gasteiger partial charge in [-0.25, -0.2) is 4.39 Å². The lowest BCUT2D eigenvalue weighted by molar-refractivity contribution is 0.113. The molecule has 0 aliphatic carbocycles. The number of hydrogen-bond donors (Lipinski definition) is 3. The van der Waals surface area contributed by atoms with Gasteiger partial charge in [0.25, 0.3) is 0 Å². The predicted molar refractivity (Wildman–Crippen MR) is 85.8 cm³/mol. The lowest BCUT2D eigenvalue weighted by Crippen LogP contribution is -2.36. The van der Waals surface area contributed by atoms with Gasteiger partial charge in [-0.2, -0.15) is 5.10 Å². The minimum Gasteiger partial charge on any atom is -0.396 e. The first-order chi connectivity index (χ1) is 10.7. The van der Waals surface area contributed by atoms with Crippen LogP contribution in [-0.4, -0.2) is 28.5 Å². The Labute approximate surface area is 130 Å². The Balaban J connectivity index is 2.07. The summed E-state index contributed by atoms with van der Waals surface area (Å²) in [5, 5.41) is 19.9. The van der Waals surface area contributed by atoms with E-state index in [9.17, 15) is 9.50 Å². The molecule has 0 atom stereocenters. The number of aliphatic hydroxyl groups excluding tert-OH is 1. The molecule has 5 heteroatoms. The summed E-state index contributed by atoms with van der Waals surface area (Å²) in [6.07, 6.45) is 3.55. The second-order valence-electron chi connectivity index (χ2n) is 5.72. The summed E-state index contributed by atoms with van der Waals surface area (Å²) in [5.41, 5.74) is 2.05. The summed E-state index contributed by atoms with van der Waals surface area (Å²) >= 11 is 0. The number of H-pyrrole nitrogens is 1. The van der Waals surface area contributed by atoms with E-state index in [1.807, 2.05) is 0 Å². The zero-order chi connectivity index (χ0) is 16.0. The van der Waals surface area contributed by atoms with Crippen molar-refractivity contribution in [3.05, 3.63) is 41.8 Å². The molecule has 1 heterocycles. The number of aromatic nitrogens is 2. The Morgan fingerprint density at radius 1 is 1.27 bits per heavy atom. The average Bonchev–Trinajstić information content (AvgIpc) is 3.01. The zero-order valence-electron chi connectivity index (χ0n) is 13.2. The number of nitrogens with zero attached hydrogens (tertiary/aromatic N) is 1. The highest BCUT2D eigenvalue weighted by Crippen LogP contribution is 2.26. The molecule has 22 heavy (non-hydrogen) atoms. The van der Waals surface area contributed by atoms with Crippen LogP contribution in [0.25, 0.3) is 11.3 Å². The fourth-order valence-electron chi connectivity index (χ4n) is 2.58. The molecule has 2 aromatic rings. The number of benzene rings is 1. The summed E-state index contributed by atoms with van der Waals surface area (Å²) in [7, 11) is 0. The van der Waals surface area contributed by atoms with Crippen molar-refractivity contribution in [2.75, 3.05) is 13.2 Å². The van der Waals surface area contributed by atoms with E-state index in [-0.39, 0.29) is 17.8 Å². The lowest BCUT2D eigenvalue weighted by Gasteiger charge is -2.29. The maximum atomic E-state index is 13.9. The zero-order valence-corrected chi connectivity index (χ0v) is 13.2. The lowest BCUT2D eigenvalue weighted by atomic mass is 9.83. The van der Waals surface area contributed by atoms with Crippen LogP contribution in [0.2, 0.25) is 0 Å². The number of aromatic amines is 1. The third-order valence-corrected chi connectivity index (χ3v) is 4.51. The molecule has 0 saturated heterocycles. The maximum absolute atomic E-state index is 13.9. The van der Waals surface area contributed by atoms with Crippen LogP contribution in [0.3, 0.4) is 0 Å². The number of hydrogen-bond acceptors (Lipinski definition) is 3. The van der Waals surface area contributed by atoms with Crippen LogP contribution in [-0.2, 0) is 6.54 Å². The van der Waals surface area contributed by atoms with Crippen molar-refractivity contribution < 1.29 is 9.50 Å². The van der Waals surface area contributed by atoms with E-state index in [0.29, 0.717) is 17.8 Å². The fraction of sp³-hybridized carbons (Fsp3) is 0.471. The van der Waals surface area contributed by atoms with Gasteiger partial charge >= 0.3 is 0 Å². The standard InChI is InChI=1S/C17H24FN3O/c1-3-17(4-2,12-22)11-19-9-13-10-20-21-16(13)14-7-5-6-8-15(14)18/h5-8,10,19,22H,3-4,9,11-12H2,1-2H3,(H,20,21). The molecular weight excluding hydrogens is 281 g/mol. The minimum absolute atomic E-state index is 0.0953. The van der Waals surface area contributed by atoms with Crippen molar-refractivity contribution in [3.8, 4) is 11.3 Å². The van der Waals surface area contributed by atoms with Crippen molar-refractivity contribution in [3.63, 3.8) is 0 Å². The van der Waals surface area contributed by atoms with Gasteiger partial charge in [0.15, 0.2) is 0 Å². The highest BCUT2D eigenvalue weighted by molar-refractivity contribution is 5.63. The van der Waals surface area contributed by atoms with Crippen LogP contribution in [0.15, 0.2) is 30.5 Å². The van der Waals surface area contributed by atoms with Crippen molar-refractivity contribution in [2.24, 2.45) is 5.41 Å². The van der Waals surface area contributed by atoms with Crippen LogP contribution in [0, 0.1) is 11.2 Å². The van der Waals surface area contributed by atoms with Gasteiger partial charge in [-0.15, -0.1) is 0 Å². The van der Waals surface area contributed by atoms with Gasteiger partial charge in [0.1, 0.15) is 5.82 Å². The molecule has 0 saturated carbocycles. The molecule has 120 valence electrons. The van der Waals surface area contributed by atoms with Gasteiger partial charge in [0.2, 0.25) is 0 Å². The van der Waals surface area contributed by atoms with Crippen molar-refractivity contribution in [1.82, 2.24) is 15.5 Å². The molecule has 2 rings (SSSR count). The molecule has 0 aliphatic heterocycles. The second-order valence-corrected chi connectivity index (χ2v) is 5.72. The SMILES string of the molecule is CCC(CC)(CO)CNCc1cn[nH]c1-c1ccccc1F. The molecule has 0 radical (unpaired) electrons. The normalized spacial score (nSPS) is 11.8. The summed E-state index contributed by atoms with van der Waals surface area (Å²) in [6.45, 7) is 5.65. The summed E-state index contributed by atoms with van der Waals surface area (Å²) in [6, 6.07) is 6.66. The van der Waals surface area contributed by atoms with Crippen molar-refractivity contribution in [1.29, 1.82) is 0 Å². The van der Waals surface area contributed by atoms with Crippen LogP contribution >= 0.6 is 0 Å². The van der Waals surface area contributed by atoms with E-state index in [0.717, 1.165) is 24.9 Å². The molecule has 0 aliphatic rings. The first-order valence-corrected chi connectivity index (χ1v) is 7.74. The van der Waals surface area contributed by atoms with Gasteiger partial charge in [-0.05, 0) is 25.0 Å². The Morgan fingerprint density at radius 3 is 2.64 bits per heavy atom. The van der Waals surface area contributed by atoms with Crippen LogP contribution in [0.4, 0.5) is 4.39 Å². The monoisotopic (exact) mass is 305 g/mol. The summed E-state index contributed by atoms with van der Waals surface area (Å²) < 4.78 is 13.9. The van der Waals surface area contributed by atoms with Crippen LogP contribution in [0.5, 0.6) is 0 Å². The first kappa shape index (κ1) is 16.6. The Bertz CT molecular complexity index is 585. The molecule has 1 aromatic heterocycles. The number of nitrogens with one attached hydrogen (secondary N) is 2. The van der Waals surface area contributed by atoms with Crippen molar-refractivity contribution in [2.45, 2.75) is 33.2 Å². The molecule has 1 aromatic carbocycles. The van der Waals surface area contributed by atoms with Gasteiger partial charge in [0, 0.05) is 36.2 Å². The molecule has 3 N–H and O–H groups in total. The van der Waals surface area contributed by atoms with Gasteiger partial charge in [-0.3, -0.25) is 5.10 Å². The predicted octanol–water partition coefficient (Wildman–Crippen LogP) is 3.10. The molecular formula is C17H24FN3O. The van der Waals surface area contributed by atoms with E-state index >= 15 is 0 Å². The number of rotatable bonds is 8. The van der Waals surface area contributed by atoms with E-state index in [1.54, 1.807) is 24.4 Å². The highest BCUT2D eigenvalue weighted by atomic mass is 19.1. The molecule has 0 spiro atoms. The number of aliphatic hydroxyl groups is 1. The third-order valence-electron chi connectivity index (χ3n) is 4.51. The largest absolute Gasteiger partial charge is 0.396 e. The average molecular weight is 305 g/mol. The van der Waals surface area contributed by atoms with E-state index < -0.39 is 0 Å². The maximum Gasteiger partial charge on any atom is 0.132 e. The van der Waals surface area contributed by atoms with E-state index in [4.69, 9.17) is 0 Å². The molecule has 0 amide bonds. The Hall–Kier alpha value is -1.72. The van der Waals surface area contributed by atoms with Crippen molar-refractivity contribution >= 4 is 0 Å². The topological polar surface area (TPSA) is 60.9 Å². The molecule has 0 bridgehead atoms. The smallest absolute Gasteiger partial charge is 0.132 e. The van der Waals surface area contributed by atoms with Gasteiger partial charge < -0.3 is 10.4 Å². The molecule has 0 fully saturated rings. The fourth-order valence-corrected chi connectivity index (χ4v) is 2.58. The van der Waals surface area contributed by atoms with Gasteiger partial charge in [0.05, 0.1) is 11.9 Å². The Kier molecular flexibility index (Phi) is 5.69.